The fourth-order valence-electron chi connectivity index (χ4n) is 4.31. The third kappa shape index (κ3) is 7.98. The van der Waals surface area contributed by atoms with Crippen molar-refractivity contribution in [2.75, 3.05) is 103 Å². The second-order valence-corrected chi connectivity index (χ2v) is 9.02. The molecule has 2 aliphatic heterocycles. The number of carbonyl (C=O) groups is 2. The zero-order chi connectivity index (χ0) is 25.2. The van der Waals surface area contributed by atoms with Crippen molar-refractivity contribution in [1.82, 2.24) is 14.7 Å². The van der Waals surface area contributed by atoms with Crippen LogP contribution in [0.15, 0.2) is 12.1 Å². The second kappa shape index (κ2) is 13.5. The Kier molecular flexibility index (Phi) is 10.4. The summed E-state index contributed by atoms with van der Waals surface area (Å²) < 4.78 is 17.3. The van der Waals surface area contributed by atoms with E-state index in [1.165, 1.54) is 0 Å². The van der Waals surface area contributed by atoms with Gasteiger partial charge in [-0.05, 0) is 33.4 Å². The average Bonchev–Trinajstić information content (AvgIpc) is 3.06. The molecular weight excluding hydrogens is 450 g/mol. The van der Waals surface area contributed by atoms with Gasteiger partial charge in [-0.3, -0.25) is 19.4 Å². The van der Waals surface area contributed by atoms with Gasteiger partial charge in [0.1, 0.15) is 11.5 Å². The monoisotopic (exact) mass is 491 g/mol. The van der Waals surface area contributed by atoms with Crippen LogP contribution in [0.4, 0.5) is 11.4 Å². The Balaban J connectivity index is 1.66. The molecule has 2 saturated heterocycles. The lowest BCUT2D eigenvalue weighted by molar-refractivity contribution is -0.129. The Bertz CT molecular complexity index is 844. The highest BCUT2D eigenvalue weighted by Gasteiger charge is 2.22. The molecule has 0 aromatic heterocycles. The number of likely N-dealkylation sites (N-methyl/N-ethyl adjacent to an activating group) is 1. The maximum absolute atomic E-state index is 13.0. The van der Waals surface area contributed by atoms with E-state index in [-0.39, 0.29) is 18.4 Å². The Labute approximate surface area is 209 Å². The first kappa shape index (κ1) is 27.0. The Hall–Kier alpha value is -2.56. The van der Waals surface area contributed by atoms with Crippen molar-refractivity contribution in [2.24, 2.45) is 0 Å². The first-order chi connectivity index (χ1) is 16.9. The van der Waals surface area contributed by atoms with E-state index in [9.17, 15) is 9.59 Å². The Morgan fingerprint density at radius 1 is 0.914 bits per heavy atom. The normalized spacial score (nSPS) is 17.5. The summed E-state index contributed by atoms with van der Waals surface area (Å²) in [5.74, 6) is 1.37. The quantitative estimate of drug-likeness (QED) is 0.525. The predicted molar refractivity (Wildman–Crippen MR) is 137 cm³/mol. The van der Waals surface area contributed by atoms with Crippen molar-refractivity contribution in [2.45, 2.75) is 20.3 Å². The molecule has 2 amide bonds. The number of hydrogen-bond donors (Lipinski definition) is 1. The van der Waals surface area contributed by atoms with E-state index in [1.807, 2.05) is 26.0 Å². The number of morpholine rings is 1. The lowest BCUT2D eigenvalue weighted by Gasteiger charge is -2.31. The van der Waals surface area contributed by atoms with Crippen molar-refractivity contribution < 1.29 is 23.8 Å². The number of ether oxygens (including phenoxy) is 3. The van der Waals surface area contributed by atoms with Crippen LogP contribution in [0.25, 0.3) is 0 Å². The summed E-state index contributed by atoms with van der Waals surface area (Å²) >= 11 is 0. The van der Waals surface area contributed by atoms with Crippen LogP contribution in [0.3, 0.4) is 0 Å². The molecule has 35 heavy (non-hydrogen) atoms. The van der Waals surface area contributed by atoms with E-state index >= 15 is 0 Å². The van der Waals surface area contributed by atoms with Crippen LogP contribution >= 0.6 is 0 Å². The van der Waals surface area contributed by atoms with Gasteiger partial charge in [-0.25, -0.2) is 0 Å². The molecule has 0 spiro atoms. The van der Waals surface area contributed by atoms with Crippen molar-refractivity contribution >= 4 is 23.2 Å². The van der Waals surface area contributed by atoms with Crippen LogP contribution in [0.2, 0.25) is 0 Å². The molecular formula is C25H41N5O5. The highest BCUT2D eigenvalue weighted by Crippen LogP contribution is 2.39. The topological polar surface area (TPSA) is 86.8 Å². The number of carbonyl (C=O) groups excluding carboxylic acids is 2. The molecule has 2 aliphatic rings. The van der Waals surface area contributed by atoms with Crippen molar-refractivity contribution in [3.63, 3.8) is 0 Å². The standard InChI is InChI=1S/C25H41N5O5/c1-5-34-22-17-21(30-12-14-33-15-13-30)23(35-6-2)16-20(22)26-24(31)18-28-8-7-9-29(11-10-28)19-25(32)27(3)4/h16-17H,5-15,18-19H2,1-4H3,(H,26,31). The molecule has 1 aromatic carbocycles. The molecule has 10 nitrogen and oxygen atoms in total. The first-order valence-electron chi connectivity index (χ1n) is 12.6. The number of anilines is 2. The van der Waals surface area contributed by atoms with E-state index in [1.54, 1.807) is 19.0 Å². The fourth-order valence-corrected chi connectivity index (χ4v) is 4.31. The van der Waals surface area contributed by atoms with Gasteiger partial charge in [0, 0.05) is 52.4 Å². The molecule has 0 unspecified atom stereocenters. The summed E-state index contributed by atoms with van der Waals surface area (Å²) in [6.07, 6.45) is 0.918. The number of hydrogen-bond acceptors (Lipinski definition) is 8. The largest absolute Gasteiger partial charge is 0.492 e. The van der Waals surface area contributed by atoms with Gasteiger partial charge in [0.2, 0.25) is 11.8 Å². The minimum Gasteiger partial charge on any atom is -0.492 e. The van der Waals surface area contributed by atoms with Gasteiger partial charge in [0.15, 0.2) is 0 Å². The second-order valence-electron chi connectivity index (χ2n) is 9.02. The van der Waals surface area contributed by atoms with Gasteiger partial charge in [-0.2, -0.15) is 0 Å². The van der Waals surface area contributed by atoms with Crippen LogP contribution in [0.1, 0.15) is 20.3 Å². The lowest BCUT2D eigenvalue weighted by Crippen LogP contribution is -2.39. The molecule has 196 valence electrons. The molecule has 0 radical (unpaired) electrons. The van der Waals surface area contributed by atoms with Gasteiger partial charge < -0.3 is 29.3 Å². The highest BCUT2D eigenvalue weighted by atomic mass is 16.5. The summed E-state index contributed by atoms with van der Waals surface area (Å²) in [5, 5.41) is 3.05. The van der Waals surface area contributed by atoms with Crippen LogP contribution < -0.4 is 19.7 Å². The van der Waals surface area contributed by atoms with E-state index in [0.717, 1.165) is 57.1 Å². The number of nitrogens with zero attached hydrogens (tertiary/aromatic N) is 4. The van der Waals surface area contributed by atoms with Gasteiger partial charge in [-0.1, -0.05) is 0 Å². The smallest absolute Gasteiger partial charge is 0.238 e. The zero-order valence-electron chi connectivity index (χ0n) is 21.7. The number of rotatable bonds is 10. The lowest BCUT2D eigenvalue weighted by atomic mass is 10.2. The molecule has 1 aromatic rings. The molecule has 1 N–H and O–H groups in total. The van der Waals surface area contributed by atoms with Crippen LogP contribution in [0, 0.1) is 0 Å². The Morgan fingerprint density at radius 2 is 1.54 bits per heavy atom. The highest BCUT2D eigenvalue weighted by molar-refractivity contribution is 5.94. The maximum atomic E-state index is 13.0. The van der Waals surface area contributed by atoms with E-state index in [0.29, 0.717) is 44.4 Å². The minimum atomic E-state index is -0.0923. The molecule has 2 fully saturated rings. The summed E-state index contributed by atoms with van der Waals surface area (Å²) in [7, 11) is 3.55. The van der Waals surface area contributed by atoms with Gasteiger partial charge in [-0.15, -0.1) is 0 Å². The minimum absolute atomic E-state index is 0.0923. The molecule has 0 bridgehead atoms. The van der Waals surface area contributed by atoms with Crippen molar-refractivity contribution in [3.05, 3.63) is 12.1 Å². The molecule has 0 saturated carbocycles. The van der Waals surface area contributed by atoms with Crippen LogP contribution in [-0.4, -0.2) is 119 Å². The number of nitrogens with one attached hydrogen (secondary N) is 1. The fraction of sp³-hybridized carbons (Fsp3) is 0.680. The van der Waals surface area contributed by atoms with Gasteiger partial charge in [0.25, 0.3) is 0 Å². The van der Waals surface area contributed by atoms with E-state index in [2.05, 4.69) is 20.0 Å². The average molecular weight is 492 g/mol. The van der Waals surface area contributed by atoms with Crippen molar-refractivity contribution in [3.8, 4) is 11.5 Å². The molecule has 3 rings (SSSR count). The van der Waals surface area contributed by atoms with E-state index < -0.39 is 0 Å². The Morgan fingerprint density at radius 3 is 2.17 bits per heavy atom. The molecule has 2 heterocycles. The number of benzene rings is 1. The SMILES string of the molecule is CCOc1cc(N2CCOCC2)c(OCC)cc1NC(=O)CN1CCCN(CC(=O)N(C)C)CC1. The molecule has 0 aliphatic carbocycles. The molecule has 0 atom stereocenters. The van der Waals surface area contributed by atoms with E-state index in [4.69, 9.17) is 14.2 Å². The van der Waals surface area contributed by atoms with Crippen LogP contribution in [0.5, 0.6) is 11.5 Å². The zero-order valence-corrected chi connectivity index (χ0v) is 21.7. The predicted octanol–water partition coefficient (Wildman–Crippen LogP) is 1.36. The number of amides is 2. The summed E-state index contributed by atoms with van der Waals surface area (Å²) in [4.78, 5) is 33.2. The third-order valence-corrected chi connectivity index (χ3v) is 6.19. The molecule has 10 heteroatoms. The summed E-state index contributed by atoms with van der Waals surface area (Å²) in [6.45, 7) is 11.7. The summed E-state index contributed by atoms with van der Waals surface area (Å²) in [6, 6.07) is 3.83. The summed E-state index contributed by atoms with van der Waals surface area (Å²) in [5.41, 5.74) is 1.57. The van der Waals surface area contributed by atoms with Crippen molar-refractivity contribution in [1.29, 1.82) is 0 Å². The van der Waals surface area contributed by atoms with Gasteiger partial charge in [0.05, 0.1) is 50.9 Å². The maximum Gasteiger partial charge on any atom is 0.238 e. The van der Waals surface area contributed by atoms with Crippen LogP contribution in [-0.2, 0) is 14.3 Å². The van der Waals surface area contributed by atoms with Gasteiger partial charge >= 0.3 is 0 Å². The first-order valence-corrected chi connectivity index (χ1v) is 12.6. The third-order valence-electron chi connectivity index (χ3n) is 6.19.